The van der Waals surface area contributed by atoms with Crippen LogP contribution in [0.15, 0.2) is 27.3 Å². The molecule has 0 aliphatic carbocycles. The maximum atomic E-state index is 12.3. The van der Waals surface area contributed by atoms with Gasteiger partial charge in [0.1, 0.15) is 18.3 Å². The van der Waals surface area contributed by atoms with E-state index >= 15 is 0 Å². The zero-order valence-electron chi connectivity index (χ0n) is 17.5. The fourth-order valence-corrected chi connectivity index (χ4v) is 4.20. The number of hydrogen-bond acceptors (Lipinski definition) is 9. The molecule has 166 valence electrons. The number of rotatable bonds is 5. The summed E-state index contributed by atoms with van der Waals surface area (Å²) in [6.07, 6.45) is 5.63. The predicted octanol–water partition coefficient (Wildman–Crippen LogP) is 3.32. The molecular formula is C22H23N5O5. The fourth-order valence-electron chi connectivity index (χ4n) is 4.20. The van der Waals surface area contributed by atoms with E-state index < -0.39 is 0 Å². The molecule has 1 amide bonds. The molecule has 0 bridgehead atoms. The number of likely N-dealkylation sites (tertiary alicyclic amines) is 1. The van der Waals surface area contributed by atoms with Crippen LogP contribution in [0.5, 0.6) is 0 Å². The van der Waals surface area contributed by atoms with Gasteiger partial charge in [0, 0.05) is 38.4 Å². The summed E-state index contributed by atoms with van der Waals surface area (Å²) in [4.78, 5) is 22.5. The number of furan rings is 1. The predicted molar refractivity (Wildman–Crippen MR) is 110 cm³/mol. The summed E-state index contributed by atoms with van der Waals surface area (Å²) in [5.41, 5.74) is 0.836. The Bertz CT molecular complexity index is 1140. The first-order valence-electron chi connectivity index (χ1n) is 10.8. The van der Waals surface area contributed by atoms with Crippen LogP contribution in [0.25, 0.3) is 22.6 Å². The van der Waals surface area contributed by atoms with E-state index in [4.69, 9.17) is 18.4 Å². The zero-order chi connectivity index (χ0) is 21.9. The molecule has 2 saturated heterocycles. The maximum Gasteiger partial charge on any atom is 0.409 e. The minimum absolute atomic E-state index is 0.0402. The molecule has 0 radical (unpaired) electrons. The lowest BCUT2D eigenvalue weighted by molar-refractivity contribution is 0.0257. The highest BCUT2D eigenvalue weighted by Crippen LogP contribution is 2.29. The Hall–Kier alpha value is -3.45. The number of nitriles is 1. The minimum Gasteiger partial charge on any atom is -0.451 e. The summed E-state index contributed by atoms with van der Waals surface area (Å²) in [6.45, 7) is 2.37. The second-order valence-corrected chi connectivity index (χ2v) is 8.16. The first kappa shape index (κ1) is 20.5. The first-order chi connectivity index (χ1) is 15.7. The number of fused-ring (bicyclic) bond motifs is 1. The summed E-state index contributed by atoms with van der Waals surface area (Å²) in [6, 6.07) is 5.43. The van der Waals surface area contributed by atoms with Crippen molar-refractivity contribution in [2.24, 2.45) is 5.92 Å². The van der Waals surface area contributed by atoms with Crippen LogP contribution in [0, 0.1) is 17.2 Å². The van der Waals surface area contributed by atoms with Crippen molar-refractivity contribution < 1.29 is 23.2 Å². The monoisotopic (exact) mass is 437 g/mol. The van der Waals surface area contributed by atoms with Crippen molar-refractivity contribution in [1.82, 2.24) is 20.0 Å². The van der Waals surface area contributed by atoms with E-state index in [0.29, 0.717) is 60.3 Å². The van der Waals surface area contributed by atoms with Crippen LogP contribution >= 0.6 is 0 Å². The number of piperidine rings is 1. The highest BCUT2D eigenvalue weighted by molar-refractivity contribution is 5.85. The molecule has 3 aromatic heterocycles. The lowest BCUT2D eigenvalue weighted by atomic mass is 9.93. The number of carbonyl (C=O) groups excluding carboxylic acids is 1. The lowest BCUT2D eigenvalue weighted by Crippen LogP contribution is -2.40. The molecule has 5 heterocycles. The Balaban J connectivity index is 1.15. The van der Waals surface area contributed by atoms with Gasteiger partial charge in [0.15, 0.2) is 17.3 Å². The van der Waals surface area contributed by atoms with E-state index in [1.807, 2.05) is 6.07 Å². The number of carbonyl (C=O) groups is 1. The van der Waals surface area contributed by atoms with Gasteiger partial charge in [-0.3, -0.25) is 0 Å². The van der Waals surface area contributed by atoms with Crippen LogP contribution in [0.1, 0.15) is 37.2 Å². The van der Waals surface area contributed by atoms with Crippen LogP contribution in [0.3, 0.4) is 0 Å². The normalized spacial score (nSPS) is 19.3. The van der Waals surface area contributed by atoms with Gasteiger partial charge >= 0.3 is 6.09 Å². The molecule has 0 spiro atoms. The zero-order valence-corrected chi connectivity index (χ0v) is 17.5. The summed E-state index contributed by atoms with van der Waals surface area (Å²) in [5.74, 6) is 1.63. The second kappa shape index (κ2) is 8.96. The maximum absolute atomic E-state index is 12.3. The molecule has 0 N–H and O–H groups in total. The number of aromatic nitrogens is 3. The van der Waals surface area contributed by atoms with E-state index in [1.54, 1.807) is 17.0 Å². The van der Waals surface area contributed by atoms with Crippen LogP contribution < -0.4 is 0 Å². The number of pyridine rings is 1. The Labute approximate surface area is 184 Å². The third-order valence-electron chi connectivity index (χ3n) is 5.99. The second-order valence-electron chi connectivity index (χ2n) is 8.16. The average molecular weight is 437 g/mol. The van der Waals surface area contributed by atoms with Crippen LogP contribution in [-0.2, 0) is 15.9 Å². The van der Waals surface area contributed by atoms with E-state index in [2.05, 4.69) is 15.1 Å². The molecule has 2 fully saturated rings. The van der Waals surface area contributed by atoms with E-state index in [1.165, 1.54) is 6.20 Å². The summed E-state index contributed by atoms with van der Waals surface area (Å²) < 4.78 is 22.0. The smallest absolute Gasteiger partial charge is 0.409 e. The van der Waals surface area contributed by atoms with Crippen molar-refractivity contribution in [3.63, 3.8) is 0 Å². The third kappa shape index (κ3) is 4.29. The van der Waals surface area contributed by atoms with Crippen molar-refractivity contribution in [2.75, 3.05) is 26.3 Å². The number of ether oxygens (including phenoxy) is 2. The summed E-state index contributed by atoms with van der Waals surface area (Å²) >= 11 is 0. The molecule has 32 heavy (non-hydrogen) atoms. The molecule has 1 atom stereocenters. The van der Waals surface area contributed by atoms with Gasteiger partial charge in [0.2, 0.25) is 0 Å². The summed E-state index contributed by atoms with van der Waals surface area (Å²) in [5, 5.41) is 13.9. The molecule has 10 nitrogen and oxygen atoms in total. The van der Waals surface area contributed by atoms with E-state index in [0.717, 1.165) is 32.3 Å². The third-order valence-corrected chi connectivity index (χ3v) is 5.99. The van der Waals surface area contributed by atoms with Gasteiger partial charge in [-0.1, -0.05) is 5.16 Å². The molecule has 1 unspecified atom stereocenters. The highest BCUT2D eigenvalue weighted by Gasteiger charge is 2.27. The molecule has 3 aromatic rings. The van der Waals surface area contributed by atoms with Crippen LogP contribution in [-0.4, -0.2) is 58.5 Å². The Morgan fingerprint density at radius 1 is 1.31 bits per heavy atom. The molecule has 0 aromatic carbocycles. The Kier molecular flexibility index (Phi) is 5.73. The minimum atomic E-state index is -0.267. The lowest BCUT2D eigenvalue weighted by Gasteiger charge is -2.31. The van der Waals surface area contributed by atoms with E-state index in [-0.39, 0.29) is 18.1 Å². The van der Waals surface area contributed by atoms with E-state index in [9.17, 15) is 10.1 Å². The van der Waals surface area contributed by atoms with Gasteiger partial charge in [0.25, 0.3) is 5.89 Å². The van der Waals surface area contributed by atoms with Crippen molar-refractivity contribution >= 4 is 17.1 Å². The first-order valence-corrected chi connectivity index (χ1v) is 10.8. The number of hydrogen-bond donors (Lipinski definition) is 0. The molecule has 2 aliphatic rings. The Morgan fingerprint density at radius 3 is 2.97 bits per heavy atom. The SMILES string of the molecule is N#Cc1nccc2oc(-c3nc(CC4CCN(C(=O)OCC5CCCO5)CC4)no3)cc12. The fraction of sp³-hybridized carbons (Fsp3) is 0.500. The van der Waals surface area contributed by atoms with Crippen molar-refractivity contribution in [3.8, 4) is 17.7 Å². The van der Waals surface area contributed by atoms with Gasteiger partial charge in [-0.15, -0.1) is 0 Å². The molecule has 2 aliphatic heterocycles. The molecule has 10 heteroatoms. The van der Waals surface area contributed by atoms with Gasteiger partial charge in [-0.2, -0.15) is 10.2 Å². The average Bonchev–Trinajstić information content (AvgIpc) is 3.58. The summed E-state index contributed by atoms with van der Waals surface area (Å²) in [7, 11) is 0. The number of amides is 1. The molecule has 5 rings (SSSR count). The topological polar surface area (TPSA) is 128 Å². The van der Waals surface area contributed by atoms with Crippen LogP contribution in [0.2, 0.25) is 0 Å². The van der Waals surface area contributed by atoms with Gasteiger partial charge in [-0.25, -0.2) is 9.78 Å². The molecule has 0 saturated carbocycles. The van der Waals surface area contributed by atoms with Crippen LogP contribution in [0.4, 0.5) is 4.79 Å². The standard InChI is InChI=1S/C22H23N5O5/c23-12-17-16-11-19(31-18(16)3-6-24-17)21-25-20(26-32-21)10-14-4-7-27(8-5-14)22(28)30-13-15-2-1-9-29-15/h3,6,11,14-15H,1-2,4-5,7-10,13H2. The Morgan fingerprint density at radius 2 is 2.19 bits per heavy atom. The van der Waals surface area contributed by atoms with Gasteiger partial charge in [0.05, 0.1) is 11.5 Å². The van der Waals surface area contributed by atoms with Crippen molar-refractivity contribution in [2.45, 2.75) is 38.2 Å². The molecular weight excluding hydrogens is 414 g/mol. The van der Waals surface area contributed by atoms with Gasteiger partial charge in [-0.05, 0) is 37.7 Å². The van der Waals surface area contributed by atoms with Gasteiger partial charge < -0.3 is 23.3 Å². The van der Waals surface area contributed by atoms with Crippen molar-refractivity contribution in [1.29, 1.82) is 5.26 Å². The number of nitrogens with zero attached hydrogens (tertiary/aromatic N) is 5. The highest BCUT2D eigenvalue weighted by atomic mass is 16.6. The quantitative estimate of drug-likeness (QED) is 0.590. The largest absolute Gasteiger partial charge is 0.451 e. The van der Waals surface area contributed by atoms with Crippen molar-refractivity contribution in [3.05, 3.63) is 29.8 Å².